The molecule has 0 aliphatic heterocycles. The van der Waals surface area contributed by atoms with Crippen molar-refractivity contribution in [1.29, 1.82) is 0 Å². The lowest BCUT2D eigenvalue weighted by Crippen LogP contribution is -2.26. The predicted molar refractivity (Wildman–Crippen MR) is 104 cm³/mol. The summed E-state index contributed by atoms with van der Waals surface area (Å²) >= 11 is 0. The van der Waals surface area contributed by atoms with Gasteiger partial charge >= 0.3 is 5.97 Å². The molecule has 1 aromatic heterocycles. The zero-order chi connectivity index (χ0) is 17.9. The van der Waals surface area contributed by atoms with Crippen LogP contribution in [0.25, 0.3) is 10.9 Å². The smallest absolute Gasteiger partial charge is 0.306 e. The van der Waals surface area contributed by atoms with Crippen molar-refractivity contribution < 1.29 is 9.53 Å². The summed E-state index contributed by atoms with van der Waals surface area (Å²) in [5.74, 6) is -0.0611. The summed E-state index contributed by atoms with van der Waals surface area (Å²) in [5.41, 5.74) is 5.35. The van der Waals surface area contributed by atoms with Crippen molar-refractivity contribution in [2.75, 3.05) is 0 Å². The van der Waals surface area contributed by atoms with Gasteiger partial charge in [-0.3, -0.25) is 4.79 Å². The van der Waals surface area contributed by atoms with Crippen molar-refractivity contribution in [2.24, 2.45) is 0 Å². The van der Waals surface area contributed by atoms with Crippen LogP contribution in [0.1, 0.15) is 43.0 Å². The highest BCUT2D eigenvalue weighted by Gasteiger charge is 2.27. The van der Waals surface area contributed by atoms with Crippen LogP contribution >= 0.6 is 0 Å². The van der Waals surface area contributed by atoms with E-state index in [1.807, 2.05) is 6.92 Å². The number of para-hydroxylation sites is 1. The zero-order valence-electron chi connectivity index (χ0n) is 15.3. The summed E-state index contributed by atoms with van der Waals surface area (Å²) in [5, 5.41) is 1.30. The Kier molecular flexibility index (Phi) is 4.79. The lowest BCUT2D eigenvalue weighted by atomic mass is 9.93. The lowest BCUT2D eigenvalue weighted by molar-refractivity contribution is -0.149. The Balaban J connectivity index is 1.67. The molecule has 0 amide bonds. The number of carbonyl (C=O) groups is 1. The maximum atomic E-state index is 11.9. The summed E-state index contributed by atoms with van der Waals surface area (Å²) in [6, 6.07) is 19.2. The fourth-order valence-electron chi connectivity index (χ4n) is 4.07. The van der Waals surface area contributed by atoms with E-state index in [1.54, 1.807) is 0 Å². The first-order valence-corrected chi connectivity index (χ1v) is 9.58. The van der Waals surface area contributed by atoms with Crippen LogP contribution in [0, 0.1) is 0 Å². The molecule has 0 saturated carbocycles. The van der Waals surface area contributed by atoms with Crippen LogP contribution in [0.4, 0.5) is 0 Å². The standard InChI is InChI=1S/C23H25NO2/c1-2-8-23(25)26-18-13-14-22-20(15-18)19-11-6-7-12-21(19)24(22)16-17-9-4-3-5-10-17/h3-7,9-12,18H,2,8,13-16H2,1H3. The van der Waals surface area contributed by atoms with Gasteiger partial charge in [0.2, 0.25) is 0 Å². The molecule has 1 aliphatic rings. The first kappa shape index (κ1) is 16.9. The summed E-state index contributed by atoms with van der Waals surface area (Å²) < 4.78 is 8.17. The molecule has 3 nitrogen and oxygen atoms in total. The minimum absolute atomic E-state index is 0.0116. The van der Waals surface area contributed by atoms with E-state index < -0.39 is 0 Å². The van der Waals surface area contributed by atoms with Gasteiger partial charge in [0.05, 0.1) is 0 Å². The van der Waals surface area contributed by atoms with Gasteiger partial charge in [0.25, 0.3) is 0 Å². The number of carbonyl (C=O) groups excluding carboxylic acids is 1. The van der Waals surface area contributed by atoms with Gasteiger partial charge in [-0.2, -0.15) is 0 Å². The van der Waals surface area contributed by atoms with Crippen molar-refractivity contribution >= 4 is 16.9 Å². The molecule has 0 N–H and O–H groups in total. The van der Waals surface area contributed by atoms with Crippen molar-refractivity contribution in [3.05, 3.63) is 71.4 Å². The van der Waals surface area contributed by atoms with E-state index >= 15 is 0 Å². The number of hydrogen-bond acceptors (Lipinski definition) is 2. The van der Waals surface area contributed by atoms with Gasteiger partial charge in [-0.15, -0.1) is 0 Å². The average Bonchev–Trinajstić information content (AvgIpc) is 2.96. The molecule has 3 heteroatoms. The summed E-state index contributed by atoms with van der Waals surface area (Å²) in [6.45, 7) is 2.90. The molecular weight excluding hydrogens is 322 g/mol. The molecule has 134 valence electrons. The number of ether oxygens (including phenoxy) is 1. The molecule has 1 unspecified atom stereocenters. The Bertz CT molecular complexity index is 911. The highest BCUT2D eigenvalue weighted by molar-refractivity contribution is 5.86. The summed E-state index contributed by atoms with van der Waals surface area (Å²) in [6.07, 6.45) is 4.06. The highest BCUT2D eigenvalue weighted by Crippen LogP contribution is 2.33. The van der Waals surface area contributed by atoms with Crippen LogP contribution in [0.15, 0.2) is 54.6 Å². The van der Waals surface area contributed by atoms with Crippen LogP contribution in [-0.2, 0) is 28.9 Å². The number of aromatic nitrogens is 1. The second-order valence-electron chi connectivity index (χ2n) is 7.12. The number of esters is 1. The molecule has 0 saturated heterocycles. The minimum atomic E-state index is -0.0611. The highest BCUT2D eigenvalue weighted by atomic mass is 16.5. The predicted octanol–water partition coefficient (Wildman–Crippen LogP) is 4.89. The fourth-order valence-corrected chi connectivity index (χ4v) is 4.07. The van der Waals surface area contributed by atoms with Crippen molar-refractivity contribution in [1.82, 2.24) is 4.57 Å². The topological polar surface area (TPSA) is 31.2 Å². The molecule has 26 heavy (non-hydrogen) atoms. The van der Waals surface area contributed by atoms with E-state index in [9.17, 15) is 4.79 Å². The Morgan fingerprint density at radius 3 is 2.69 bits per heavy atom. The molecule has 1 atom stereocenters. The van der Waals surface area contributed by atoms with Crippen LogP contribution in [0.5, 0.6) is 0 Å². The normalized spacial score (nSPS) is 16.4. The van der Waals surface area contributed by atoms with Gasteiger partial charge in [-0.05, 0) is 36.5 Å². The van der Waals surface area contributed by atoms with Crippen LogP contribution in [0.3, 0.4) is 0 Å². The molecule has 0 radical (unpaired) electrons. The Morgan fingerprint density at radius 2 is 1.88 bits per heavy atom. The van der Waals surface area contributed by atoms with Crippen LogP contribution in [0.2, 0.25) is 0 Å². The fraction of sp³-hybridized carbons (Fsp3) is 0.348. The molecule has 0 bridgehead atoms. The second-order valence-corrected chi connectivity index (χ2v) is 7.12. The van der Waals surface area contributed by atoms with E-state index in [-0.39, 0.29) is 12.1 Å². The van der Waals surface area contributed by atoms with Crippen LogP contribution in [-0.4, -0.2) is 16.6 Å². The van der Waals surface area contributed by atoms with E-state index in [0.717, 1.165) is 32.2 Å². The van der Waals surface area contributed by atoms with Gasteiger partial charge < -0.3 is 9.30 Å². The number of rotatable bonds is 5. The van der Waals surface area contributed by atoms with E-state index in [0.29, 0.717) is 6.42 Å². The van der Waals surface area contributed by atoms with Crippen molar-refractivity contribution in [2.45, 2.75) is 51.7 Å². The number of benzene rings is 2. The van der Waals surface area contributed by atoms with Crippen LogP contribution < -0.4 is 0 Å². The third-order valence-electron chi connectivity index (χ3n) is 5.26. The largest absolute Gasteiger partial charge is 0.462 e. The van der Waals surface area contributed by atoms with E-state index in [1.165, 1.54) is 27.7 Å². The molecule has 1 aliphatic carbocycles. The Hall–Kier alpha value is -2.55. The van der Waals surface area contributed by atoms with Crippen molar-refractivity contribution in [3.8, 4) is 0 Å². The zero-order valence-corrected chi connectivity index (χ0v) is 15.3. The maximum absolute atomic E-state index is 11.9. The van der Waals surface area contributed by atoms with Gasteiger partial charge in [0, 0.05) is 36.0 Å². The second kappa shape index (κ2) is 7.36. The van der Waals surface area contributed by atoms with E-state index in [2.05, 4.69) is 59.2 Å². The third-order valence-corrected chi connectivity index (χ3v) is 5.26. The van der Waals surface area contributed by atoms with Gasteiger partial charge in [0.15, 0.2) is 0 Å². The lowest BCUT2D eigenvalue weighted by Gasteiger charge is -2.24. The number of fused-ring (bicyclic) bond motifs is 3. The first-order valence-electron chi connectivity index (χ1n) is 9.58. The maximum Gasteiger partial charge on any atom is 0.306 e. The monoisotopic (exact) mass is 347 g/mol. The quantitative estimate of drug-likeness (QED) is 0.615. The van der Waals surface area contributed by atoms with Gasteiger partial charge in [-0.1, -0.05) is 55.5 Å². The van der Waals surface area contributed by atoms with Gasteiger partial charge in [-0.25, -0.2) is 0 Å². The molecule has 0 fully saturated rings. The SMILES string of the molecule is CCCC(=O)OC1CCc2c(c3ccccc3n2Cc2ccccc2)C1. The van der Waals surface area contributed by atoms with E-state index in [4.69, 9.17) is 4.74 Å². The first-order chi connectivity index (χ1) is 12.8. The Morgan fingerprint density at radius 1 is 1.12 bits per heavy atom. The molecule has 3 aromatic rings. The summed E-state index contributed by atoms with van der Waals surface area (Å²) in [4.78, 5) is 11.9. The van der Waals surface area contributed by atoms with Crippen molar-refractivity contribution in [3.63, 3.8) is 0 Å². The Labute approximate surface area is 154 Å². The minimum Gasteiger partial charge on any atom is -0.462 e. The molecule has 1 heterocycles. The molecule has 0 spiro atoms. The molecule has 2 aromatic carbocycles. The molecular formula is C23H25NO2. The molecule has 4 rings (SSSR count). The third kappa shape index (κ3) is 3.26. The summed E-state index contributed by atoms with van der Waals surface area (Å²) in [7, 11) is 0. The van der Waals surface area contributed by atoms with Gasteiger partial charge in [0.1, 0.15) is 6.10 Å². The number of nitrogens with zero attached hydrogens (tertiary/aromatic N) is 1. The number of hydrogen-bond donors (Lipinski definition) is 0. The average molecular weight is 347 g/mol.